The van der Waals surface area contributed by atoms with Crippen molar-refractivity contribution in [3.63, 3.8) is 0 Å². The lowest BCUT2D eigenvalue weighted by Gasteiger charge is -2.37. The van der Waals surface area contributed by atoms with Crippen LogP contribution >= 0.6 is 0 Å². The first kappa shape index (κ1) is 16.7. The smallest absolute Gasteiger partial charge is 0.248 e. The van der Waals surface area contributed by atoms with Crippen LogP contribution in [-0.4, -0.2) is 41.4 Å². The van der Waals surface area contributed by atoms with Gasteiger partial charge in [0.1, 0.15) is 17.5 Å². The fraction of sp³-hybridized carbons (Fsp3) is 0.238. The average molecular weight is 374 g/mol. The number of fused-ring (bicyclic) bond motifs is 5. The quantitative estimate of drug-likeness (QED) is 0.691. The summed E-state index contributed by atoms with van der Waals surface area (Å²) in [6.07, 6.45) is 0.183. The lowest BCUT2D eigenvalue weighted by atomic mass is 9.79. The summed E-state index contributed by atoms with van der Waals surface area (Å²) in [4.78, 5) is 36.3. The highest BCUT2D eigenvalue weighted by Gasteiger charge is 2.46. The van der Waals surface area contributed by atoms with Gasteiger partial charge < -0.3 is 4.74 Å². The van der Waals surface area contributed by atoms with E-state index in [1.807, 2.05) is 53.1 Å². The molecule has 2 unspecified atom stereocenters. The van der Waals surface area contributed by atoms with E-state index in [0.29, 0.717) is 17.5 Å². The molecule has 7 nitrogen and oxygen atoms in total. The van der Waals surface area contributed by atoms with Crippen LogP contribution in [0.1, 0.15) is 17.9 Å². The van der Waals surface area contributed by atoms with Gasteiger partial charge in [0.25, 0.3) is 0 Å². The summed E-state index contributed by atoms with van der Waals surface area (Å²) in [6, 6.07) is 15.2. The molecule has 2 aliphatic rings. The van der Waals surface area contributed by atoms with Crippen LogP contribution in [0, 0.1) is 5.92 Å². The standard InChI is InChI=1S/C21H18N4O3/c1-24-20(27)18-14(12-6-5-7-13(10-12)28-2)11-17(26)23-19(18)25-16-9-4-3-8-15(16)22-21(24)25/h3-10,14,18H,11H2,1-2H3. The van der Waals surface area contributed by atoms with E-state index >= 15 is 0 Å². The molecular formula is C21H18N4O3. The summed E-state index contributed by atoms with van der Waals surface area (Å²) in [7, 11) is 3.32. The Bertz CT molecular complexity index is 1160. The first-order valence-electron chi connectivity index (χ1n) is 9.09. The van der Waals surface area contributed by atoms with Gasteiger partial charge in [0.05, 0.1) is 18.1 Å². The minimum Gasteiger partial charge on any atom is -0.497 e. The van der Waals surface area contributed by atoms with Crippen molar-refractivity contribution in [2.24, 2.45) is 10.9 Å². The Labute approximate surface area is 161 Å². The maximum absolute atomic E-state index is 13.3. The highest BCUT2D eigenvalue weighted by molar-refractivity contribution is 6.20. The maximum atomic E-state index is 13.3. The molecule has 28 heavy (non-hydrogen) atoms. The van der Waals surface area contributed by atoms with Crippen molar-refractivity contribution in [1.29, 1.82) is 0 Å². The lowest BCUT2D eigenvalue weighted by molar-refractivity contribution is -0.123. The van der Waals surface area contributed by atoms with Crippen molar-refractivity contribution in [3.05, 3.63) is 54.1 Å². The summed E-state index contributed by atoms with van der Waals surface area (Å²) in [5.41, 5.74) is 2.48. The molecule has 0 aliphatic carbocycles. The predicted molar refractivity (Wildman–Crippen MR) is 105 cm³/mol. The summed E-state index contributed by atoms with van der Waals surface area (Å²) < 4.78 is 7.17. The summed E-state index contributed by atoms with van der Waals surface area (Å²) >= 11 is 0. The van der Waals surface area contributed by atoms with Gasteiger partial charge in [0.15, 0.2) is 0 Å². The van der Waals surface area contributed by atoms with Crippen molar-refractivity contribution >= 4 is 34.6 Å². The Morgan fingerprint density at radius 3 is 2.75 bits per heavy atom. The fourth-order valence-electron chi connectivity index (χ4n) is 4.15. The molecule has 0 saturated heterocycles. The lowest BCUT2D eigenvalue weighted by Crippen LogP contribution is -2.50. The fourth-order valence-corrected chi connectivity index (χ4v) is 4.15. The number of aromatic nitrogens is 2. The van der Waals surface area contributed by atoms with Crippen molar-refractivity contribution in [3.8, 4) is 5.75 Å². The first-order valence-corrected chi connectivity index (χ1v) is 9.09. The van der Waals surface area contributed by atoms with Crippen LogP contribution in [0.5, 0.6) is 5.75 Å². The number of carbonyl (C=O) groups is 2. The van der Waals surface area contributed by atoms with Crippen LogP contribution in [0.25, 0.3) is 11.0 Å². The van der Waals surface area contributed by atoms with Gasteiger partial charge >= 0.3 is 0 Å². The van der Waals surface area contributed by atoms with Gasteiger partial charge in [-0.25, -0.2) is 4.98 Å². The van der Waals surface area contributed by atoms with Gasteiger partial charge in [0, 0.05) is 19.4 Å². The number of hydrogen-bond acceptors (Lipinski definition) is 4. The number of ether oxygens (including phenoxy) is 1. The number of hydrogen-bond donors (Lipinski definition) is 0. The number of nitrogens with zero attached hydrogens (tertiary/aromatic N) is 4. The minimum atomic E-state index is -0.556. The highest BCUT2D eigenvalue weighted by Crippen LogP contribution is 2.40. The van der Waals surface area contributed by atoms with Gasteiger partial charge in [-0.15, -0.1) is 0 Å². The van der Waals surface area contributed by atoms with E-state index in [0.717, 1.165) is 16.6 Å². The average Bonchev–Trinajstić information content (AvgIpc) is 3.11. The van der Waals surface area contributed by atoms with E-state index in [-0.39, 0.29) is 24.2 Å². The van der Waals surface area contributed by atoms with E-state index in [9.17, 15) is 9.59 Å². The Morgan fingerprint density at radius 2 is 1.93 bits per heavy atom. The number of benzene rings is 2. The van der Waals surface area contributed by atoms with Crippen molar-refractivity contribution in [2.75, 3.05) is 19.1 Å². The van der Waals surface area contributed by atoms with E-state index < -0.39 is 5.92 Å². The van der Waals surface area contributed by atoms with Crippen LogP contribution in [0.2, 0.25) is 0 Å². The summed E-state index contributed by atoms with van der Waals surface area (Å²) in [5, 5.41) is 0. The zero-order valence-corrected chi connectivity index (χ0v) is 15.5. The molecule has 0 radical (unpaired) electrons. The number of carbonyl (C=O) groups excluding carboxylic acids is 2. The molecule has 2 aromatic carbocycles. The Kier molecular flexibility index (Phi) is 3.58. The number of para-hydroxylation sites is 2. The molecular weight excluding hydrogens is 356 g/mol. The van der Waals surface area contributed by atoms with E-state index in [2.05, 4.69) is 9.98 Å². The van der Waals surface area contributed by atoms with Crippen LogP contribution < -0.4 is 9.64 Å². The van der Waals surface area contributed by atoms with Crippen molar-refractivity contribution < 1.29 is 14.3 Å². The molecule has 0 bridgehead atoms. The van der Waals surface area contributed by atoms with Gasteiger partial charge in [0.2, 0.25) is 17.8 Å². The zero-order valence-electron chi connectivity index (χ0n) is 15.5. The molecule has 0 N–H and O–H groups in total. The molecule has 0 spiro atoms. The molecule has 1 aromatic heterocycles. The molecule has 5 rings (SSSR count). The van der Waals surface area contributed by atoms with Crippen LogP contribution in [0.3, 0.4) is 0 Å². The summed E-state index contributed by atoms with van der Waals surface area (Å²) in [6.45, 7) is 0. The number of rotatable bonds is 2. The number of methoxy groups -OCH3 is 1. The Hall–Kier alpha value is -3.48. The van der Waals surface area contributed by atoms with Gasteiger partial charge in [-0.2, -0.15) is 4.99 Å². The van der Waals surface area contributed by atoms with Gasteiger partial charge in [-0.3, -0.25) is 19.1 Å². The van der Waals surface area contributed by atoms with Crippen LogP contribution in [0.4, 0.5) is 5.95 Å². The molecule has 0 fully saturated rings. The highest BCUT2D eigenvalue weighted by atomic mass is 16.5. The second kappa shape index (κ2) is 6.02. The van der Waals surface area contributed by atoms with E-state index in [4.69, 9.17) is 4.74 Å². The second-order valence-corrected chi connectivity index (χ2v) is 7.06. The van der Waals surface area contributed by atoms with Crippen molar-refractivity contribution in [2.45, 2.75) is 12.3 Å². The SMILES string of the molecule is COc1cccc(C2CC(=O)N=C3C2C(=O)N(C)c2nc4ccccc4n23)c1. The second-order valence-electron chi connectivity index (χ2n) is 7.06. The van der Waals surface area contributed by atoms with Crippen molar-refractivity contribution in [1.82, 2.24) is 9.55 Å². The molecule has 3 aromatic rings. The number of aliphatic imine (C=N–C) groups is 1. The Balaban J connectivity index is 1.73. The van der Waals surface area contributed by atoms with Gasteiger partial charge in [-0.05, 0) is 29.8 Å². The number of anilines is 1. The number of imidazole rings is 1. The van der Waals surface area contributed by atoms with Crippen LogP contribution in [-0.2, 0) is 9.59 Å². The predicted octanol–water partition coefficient (Wildman–Crippen LogP) is 2.60. The van der Waals surface area contributed by atoms with Gasteiger partial charge in [-0.1, -0.05) is 24.3 Å². The third kappa shape index (κ3) is 2.29. The third-order valence-corrected chi connectivity index (χ3v) is 5.51. The monoisotopic (exact) mass is 374 g/mol. The molecule has 140 valence electrons. The molecule has 2 atom stereocenters. The third-order valence-electron chi connectivity index (χ3n) is 5.51. The molecule has 7 heteroatoms. The normalized spacial score (nSPS) is 21.4. The zero-order chi connectivity index (χ0) is 19.4. The molecule has 2 amide bonds. The largest absolute Gasteiger partial charge is 0.497 e. The van der Waals surface area contributed by atoms with E-state index in [1.54, 1.807) is 19.1 Å². The first-order chi connectivity index (χ1) is 13.6. The number of amides is 2. The maximum Gasteiger partial charge on any atom is 0.248 e. The summed E-state index contributed by atoms with van der Waals surface area (Å²) in [5.74, 6) is 0.428. The van der Waals surface area contributed by atoms with Crippen LogP contribution in [0.15, 0.2) is 53.5 Å². The molecule has 0 saturated carbocycles. The molecule has 3 heterocycles. The topological polar surface area (TPSA) is 76.8 Å². The molecule has 2 aliphatic heterocycles. The Morgan fingerprint density at radius 1 is 1.11 bits per heavy atom. The van der Waals surface area contributed by atoms with E-state index in [1.165, 1.54) is 0 Å². The minimum absolute atomic E-state index is 0.109.